The van der Waals surface area contributed by atoms with E-state index in [1.807, 2.05) is 13.0 Å². The Balaban J connectivity index is 2.96. The predicted molar refractivity (Wildman–Crippen MR) is 70.5 cm³/mol. The molecule has 1 aromatic rings. The SMILES string of the molecule is COc1ccc(C(C)C)cc1C(C)OCCN. The molecule has 0 heterocycles. The lowest BCUT2D eigenvalue weighted by Gasteiger charge is -2.18. The summed E-state index contributed by atoms with van der Waals surface area (Å²) in [7, 11) is 1.68. The molecule has 17 heavy (non-hydrogen) atoms. The maximum absolute atomic E-state index is 5.65. The third kappa shape index (κ3) is 3.72. The van der Waals surface area contributed by atoms with Gasteiger partial charge in [0.2, 0.25) is 0 Å². The van der Waals surface area contributed by atoms with E-state index in [2.05, 4.69) is 26.0 Å². The van der Waals surface area contributed by atoms with E-state index in [0.717, 1.165) is 11.3 Å². The summed E-state index contributed by atoms with van der Waals surface area (Å²) < 4.78 is 11.0. The molecule has 0 aliphatic rings. The Bertz CT molecular complexity index is 350. The molecule has 2 N–H and O–H groups in total. The van der Waals surface area contributed by atoms with Crippen LogP contribution in [0.3, 0.4) is 0 Å². The third-order valence-corrected chi connectivity index (χ3v) is 2.84. The summed E-state index contributed by atoms with van der Waals surface area (Å²) in [5.74, 6) is 1.38. The monoisotopic (exact) mass is 237 g/mol. The van der Waals surface area contributed by atoms with Gasteiger partial charge in [-0.05, 0) is 30.5 Å². The van der Waals surface area contributed by atoms with Gasteiger partial charge >= 0.3 is 0 Å². The van der Waals surface area contributed by atoms with Gasteiger partial charge in [-0.1, -0.05) is 19.9 Å². The first-order valence-corrected chi connectivity index (χ1v) is 6.09. The highest BCUT2D eigenvalue weighted by atomic mass is 16.5. The van der Waals surface area contributed by atoms with E-state index in [9.17, 15) is 0 Å². The Morgan fingerprint density at radius 1 is 1.24 bits per heavy atom. The van der Waals surface area contributed by atoms with Crippen molar-refractivity contribution in [3.63, 3.8) is 0 Å². The number of rotatable bonds is 6. The van der Waals surface area contributed by atoms with Gasteiger partial charge in [-0.25, -0.2) is 0 Å². The molecule has 96 valence electrons. The molecule has 0 amide bonds. The van der Waals surface area contributed by atoms with Gasteiger partial charge in [0.25, 0.3) is 0 Å². The lowest BCUT2D eigenvalue weighted by atomic mass is 9.98. The van der Waals surface area contributed by atoms with Crippen molar-refractivity contribution in [3.8, 4) is 5.75 Å². The van der Waals surface area contributed by atoms with Gasteiger partial charge in [0, 0.05) is 12.1 Å². The lowest BCUT2D eigenvalue weighted by molar-refractivity contribution is 0.0699. The normalized spacial score (nSPS) is 12.8. The van der Waals surface area contributed by atoms with Crippen LogP contribution in [0.4, 0.5) is 0 Å². The standard InChI is InChI=1S/C14H23NO2/c1-10(2)12-5-6-14(16-4)13(9-12)11(3)17-8-7-15/h5-6,9-11H,7-8,15H2,1-4H3. The summed E-state index contributed by atoms with van der Waals surface area (Å²) in [5, 5.41) is 0. The molecule has 0 spiro atoms. The highest BCUT2D eigenvalue weighted by molar-refractivity contribution is 5.39. The zero-order chi connectivity index (χ0) is 12.8. The van der Waals surface area contributed by atoms with Crippen molar-refractivity contribution in [1.29, 1.82) is 0 Å². The lowest BCUT2D eigenvalue weighted by Crippen LogP contribution is -2.11. The summed E-state index contributed by atoms with van der Waals surface area (Å²) in [6, 6.07) is 6.26. The minimum Gasteiger partial charge on any atom is -0.496 e. The Kier molecular flexibility index (Phi) is 5.45. The van der Waals surface area contributed by atoms with Gasteiger partial charge in [-0.2, -0.15) is 0 Å². The van der Waals surface area contributed by atoms with Crippen LogP contribution in [0, 0.1) is 0 Å². The Hall–Kier alpha value is -1.06. The van der Waals surface area contributed by atoms with Crippen molar-refractivity contribution < 1.29 is 9.47 Å². The fourth-order valence-electron chi connectivity index (χ4n) is 1.76. The van der Waals surface area contributed by atoms with Gasteiger partial charge in [-0.15, -0.1) is 0 Å². The molecule has 1 aromatic carbocycles. The zero-order valence-electron chi connectivity index (χ0n) is 11.2. The number of hydrogen-bond acceptors (Lipinski definition) is 3. The first-order chi connectivity index (χ1) is 8.10. The first kappa shape index (κ1) is 14.0. The van der Waals surface area contributed by atoms with Crippen molar-refractivity contribution in [3.05, 3.63) is 29.3 Å². The van der Waals surface area contributed by atoms with Gasteiger partial charge in [0.15, 0.2) is 0 Å². The largest absolute Gasteiger partial charge is 0.496 e. The van der Waals surface area contributed by atoms with Crippen molar-refractivity contribution >= 4 is 0 Å². The van der Waals surface area contributed by atoms with E-state index in [1.165, 1.54) is 5.56 Å². The average molecular weight is 237 g/mol. The van der Waals surface area contributed by atoms with Crippen molar-refractivity contribution in [2.24, 2.45) is 5.73 Å². The zero-order valence-corrected chi connectivity index (χ0v) is 11.2. The van der Waals surface area contributed by atoms with Crippen LogP contribution >= 0.6 is 0 Å². The summed E-state index contributed by atoms with van der Waals surface area (Å²) in [4.78, 5) is 0. The van der Waals surface area contributed by atoms with Crippen molar-refractivity contribution in [2.75, 3.05) is 20.3 Å². The second-order valence-corrected chi connectivity index (χ2v) is 4.46. The van der Waals surface area contributed by atoms with Crippen LogP contribution in [0.15, 0.2) is 18.2 Å². The van der Waals surface area contributed by atoms with E-state index in [4.69, 9.17) is 15.2 Å². The Morgan fingerprint density at radius 3 is 2.47 bits per heavy atom. The highest BCUT2D eigenvalue weighted by Crippen LogP contribution is 2.30. The molecule has 0 radical (unpaired) electrons. The summed E-state index contributed by atoms with van der Waals surface area (Å²) in [5.41, 5.74) is 7.83. The number of nitrogens with two attached hydrogens (primary N) is 1. The number of hydrogen-bond donors (Lipinski definition) is 1. The number of ether oxygens (including phenoxy) is 2. The second kappa shape index (κ2) is 6.62. The van der Waals surface area contributed by atoms with Crippen LogP contribution < -0.4 is 10.5 Å². The molecule has 1 atom stereocenters. The summed E-state index contributed by atoms with van der Waals surface area (Å²) >= 11 is 0. The summed E-state index contributed by atoms with van der Waals surface area (Å²) in [6.07, 6.45) is 0.00667. The minimum absolute atomic E-state index is 0.00667. The van der Waals surface area contributed by atoms with E-state index in [1.54, 1.807) is 7.11 Å². The predicted octanol–water partition coefficient (Wildman–Crippen LogP) is 2.85. The van der Waals surface area contributed by atoms with Gasteiger partial charge in [0.05, 0.1) is 19.8 Å². The van der Waals surface area contributed by atoms with Crippen LogP contribution in [-0.4, -0.2) is 20.3 Å². The molecular weight excluding hydrogens is 214 g/mol. The molecule has 0 saturated carbocycles. The number of benzene rings is 1. The van der Waals surface area contributed by atoms with Gasteiger partial charge in [-0.3, -0.25) is 0 Å². The average Bonchev–Trinajstić information content (AvgIpc) is 2.34. The van der Waals surface area contributed by atoms with Crippen molar-refractivity contribution in [1.82, 2.24) is 0 Å². The minimum atomic E-state index is 0.00667. The van der Waals surface area contributed by atoms with Crippen LogP contribution in [0.1, 0.15) is 43.9 Å². The van der Waals surface area contributed by atoms with E-state index in [0.29, 0.717) is 19.1 Å². The molecule has 3 heteroatoms. The fourth-order valence-corrected chi connectivity index (χ4v) is 1.76. The fraction of sp³-hybridized carbons (Fsp3) is 0.571. The Morgan fingerprint density at radius 2 is 1.94 bits per heavy atom. The van der Waals surface area contributed by atoms with Crippen LogP contribution in [0.25, 0.3) is 0 Å². The number of methoxy groups -OCH3 is 1. The van der Waals surface area contributed by atoms with Crippen LogP contribution in [-0.2, 0) is 4.74 Å². The molecule has 0 aromatic heterocycles. The first-order valence-electron chi connectivity index (χ1n) is 6.09. The van der Waals surface area contributed by atoms with E-state index in [-0.39, 0.29) is 6.10 Å². The third-order valence-electron chi connectivity index (χ3n) is 2.84. The molecular formula is C14H23NO2. The Labute approximate surface area is 104 Å². The van der Waals surface area contributed by atoms with Gasteiger partial charge < -0.3 is 15.2 Å². The molecule has 0 aliphatic carbocycles. The quantitative estimate of drug-likeness (QED) is 0.827. The molecule has 3 nitrogen and oxygen atoms in total. The highest BCUT2D eigenvalue weighted by Gasteiger charge is 2.13. The van der Waals surface area contributed by atoms with E-state index < -0.39 is 0 Å². The molecule has 0 bridgehead atoms. The molecule has 1 rings (SSSR count). The molecule has 0 fully saturated rings. The van der Waals surface area contributed by atoms with Crippen LogP contribution in [0.2, 0.25) is 0 Å². The van der Waals surface area contributed by atoms with E-state index >= 15 is 0 Å². The molecule has 1 unspecified atom stereocenters. The second-order valence-electron chi connectivity index (χ2n) is 4.46. The van der Waals surface area contributed by atoms with Crippen LogP contribution in [0.5, 0.6) is 5.75 Å². The maximum Gasteiger partial charge on any atom is 0.124 e. The molecule has 0 saturated heterocycles. The maximum atomic E-state index is 5.65. The summed E-state index contributed by atoms with van der Waals surface area (Å²) in [6.45, 7) is 7.48. The van der Waals surface area contributed by atoms with Gasteiger partial charge in [0.1, 0.15) is 5.75 Å². The molecule has 0 aliphatic heterocycles. The smallest absolute Gasteiger partial charge is 0.124 e. The van der Waals surface area contributed by atoms with Crippen molar-refractivity contribution in [2.45, 2.75) is 32.8 Å². The topological polar surface area (TPSA) is 44.5 Å².